The lowest BCUT2D eigenvalue weighted by Crippen LogP contribution is -2.37. The van der Waals surface area contributed by atoms with Crippen LogP contribution in [0.25, 0.3) is 43.1 Å². The van der Waals surface area contributed by atoms with E-state index in [1.807, 2.05) is 0 Å². The van der Waals surface area contributed by atoms with Gasteiger partial charge in [-0.3, -0.25) is 0 Å². The van der Waals surface area contributed by atoms with E-state index in [-0.39, 0.29) is 0 Å². The zero-order chi connectivity index (χ0) is 40.3. The molecule has 0 spiro atoms. The van der Waals surface area contributed by atoms with Crippen molar-refractivity contribution in [1.82, 2.24) is 0 Å². The van der Waals surface area contributed by atoms with Crippen molar-refractivity contribution in [2.24, 2.45) is 0 Å². The molecule has 0 heterocycles. The third-order valence-electron chi connectivity index (χ3n) is 12.1. The van der Waals surface area contributed by atoms with Gasteiger partial charge < -0.3 is 9.80 Å². The van der Waals surface area contributed by atoms with Crippen molar-refractivity contribution in [3.8, 4) is 0 Å². The molecule has 286 valence electrons. The molecule has 0 unspecified atom stereocenters. The van der Waals surface area contributed by atoms with Gasteiger partial charge in [0.2, 0.25) is 0 Å². The molecule has 0 fully saturated rings. The number of benzene rings is 9. The monoisotopic (exact) mass is 784 g/mol. The second kappa shape index (κ2) is 14.5. The lowest BCUT2D eigenvalue weighted by molar-refractivity contribution is 1.30. The molecular weight excluding hydrogens is 733 g/mol. The molecule has 2 nitrogen and oxygen atoms in total. The minimum absolute atomic E-state index is 1.16. The molecule has 0 saturated carbocycles. The van der Waals surface area contributed by atoms with Crippen LogP contribution in [0.15, 0.2) is 170 Å². The molecule has 0 N–H and O–H groups in total. The minimum atomic E-state index is -1.46. The molecule has 0 saturated heterocycles. The topological polar surface area (TPSA) is 6.48 Å². The minimum Gasteiger partial charge on any atom is -0.310 e. The van der Waals surface area contributed by atoms with Crippen molar-refractivity contribution < 1.29 is 0 Å². The van der Waals surface area contributed by atoms with E-state index in [4.69, 9.17) is 0 Å². The molecular formula is C54H52N2Si2. The summed E-state index contributed by atoms with van der Waals surface area (Å²) in [5, 5.41) is 13.0. The van der Waals surface area contributed by atoms with Crippen LogP contribution >= 0.6 is 0 Å². The van der Waals surface area contributed by atoms with Crippen LogP contribution in [0.2, 0.25) is 39.3 Å². The van der Waals surface area contributed by atoms with Gasteiger partial charge in [-0.15, -0.1) is 0 Å². The van der Waals surface area contributed by atoms with Gasteiger partial charge in [0.25, 0.3) is 0 Å². The largest absolute Gasteiger partial charge is 0.310 e. The average molecular weight is 785 g/mol. The summed E-state index contributed by atoms with van der Waals surface area (Å²) in [7, 11) is -2.92. The third-order valence-corrected chi connectivity index (χ3v) is 16.3. The molecule has 9 aromatic carbocycles. The Morgan fingerprint density at radius 2 is 0.655 bits per heavy atom. The molecule has 0 aliphatic heterocycles. The van der Waals surface area contributed by atoms with Crippen LogP contribution in [0.1, 0.15) is 11.1 Å². The number of nitrogens with zero attached hydrogens (tertiary/aromatic N) is 2. The van der Waals surface area contributed by atoms with Gasteiger partial charge in [0.15, 0.2) is 0 Å². The van der Waals surface area contributed by atoms with E-state index in [1.54, 1.807) is 0 Å². The van der Waals surface area contributed by atoms with Crippen molar-refractivity contribution in [1.29, 1.82) is 0 Å². The summed E-state index contributed by atoms with van der Waals surface area (Å²) in [6, 6.07) is 63.7. The van der Waals surface area contributed by atoms with Gasteiger partial charge in [-0.2, -0.15) is 0 Å². The van der Waals surface area contributed by atoms with Crippen LogP contribution in [-0.4, -0.2) is 16.1 Å². The van der Waals surface area contributed by atoms with Gasteiger partial charge in [-0.05, 0) is 118 Å². The summed E-state index contributed by atoms with van der Waals surface area (Å²) in [6.07, 6.45) is 0. The first-order valence-corrected chi connectivity index (χ1v) is 27.6. The maximum absolute atomic E-state index is 2.45. The molecule has 0 atom stereocenters. The highest BCUT2D eigenvalue weighted by atomic mass is 28.3. The Morgan fingerprint density at radius 3 is 1.03 bits per heavy atom. The lowest BCUT2D eigenvalue weighted by atomic mass is 9.92. The third kappa shape index (κ3) is 6.70. The van der Waals surface area contributed by atoms with Crippen molar-refractivity contribution in [2.45, 2.75) is 53.1 Å². The van der Waals surface area contributed by atoms with E-state index in [2.05, 4.69) is 233 Å². The van der Waals surface area contributed by atoms with Crippen molar-refractivity contribution >= 4 is 104 Å². The maximum atomic E-state index is 2.45. The molecule has 0 amide bonds. The van der Waals surface area contributed by atoms with Crippen LogP contribution in [0.5, 0.6) is 0 Å². The second-order valence-electron chi connectivity index (χ2n) is 18.0. The quantitative estimate of drug-likeness (QED) is 0.112. The molecule has 4 heteroatoms. The zero-order valence-electron chi connectivity index (χ0n) is 35.1. The van der Waals surface area contributed by atoms with E-state index < -0.39 is 16.1 Å². The van der Waals surface area contributed by atoms with Crippen LogP contribution in [0, 0.1) is 13.8 Å². The first kappa shape index (κ1) is 37.6. The summed E-state index contributed by atoms with van der Waals surface area (Å²) in [4.78, 5) is 4.90. The molecule has 58 heavy (non-hydrogen) atoms. The maximum Gasteiger partial charge on any atom is 0.0775 e. The van der Waals surface area contributed by atoms with Crippen LogP contribution in [0.3, 0.4) is 0 Å². The summed E-state index contributed by atoms with van der Waals surface area (Å²) in [5.41, 5.74) is 9.62. The Labute approximate surface area is 346 Å². The SMILES string of the molecule is Cc1c2ccc(N(c3ccc([Si](C)(C)C)cc3)c3cccc4ccccc34)cc2c(C)c2ccc(N(c3ccc([Si](C)(C)C)cc3)c3cccc4ccccc34)cc12. The zero-order valence-corrected chi connectivity index (χ0v) is 37.1. The van der Waals surface area contributed by atoms with Gasteiger partial charge in [-0.25, -0.2) is 0 Å². The summed E-state index contributed by atoms with van der Waals surface area (Å²) in [5.74, 6) is 0. The lowest BCUT2D eigenvalue weighted by Gasteiger charge is -2.29. The van der Waals surface area contributed by atoms with Crippen molar-refractivity contribution in [3.05, 3.63) is 181 Å². The molecule has 0 aliphatic carbocycles. The van der Waals surface area contributed by atoms with Gasteiger partial charge in [-0.1, -0.05) is 159 Å². The Morgan fingerprint density at radius 1 is 0.310 bits per heavy atom. The van der Waals surface area contributed by atoms with Gasteiger partial charge in [0, 0.05) is 33.5 Å². The fraction of sp³-hybridized carbons (Fsp3) is 0.148. The molecule has 9 aromatic rings. The molecule has 0 radical (unpaired) electrons. The van der Waals surface area contributed by atoms with Crippen molar-refractivity contribution in [3.63, 3.8) is 0 Å². The Bertz CT molecular complexity index is 2770. The highest BCUT2D eigenvalue weighted by molar-refractivity contribution is 6.89. The highest BCUT2D eigenvalue weighted by Crippen LogP contribution is 2.44. The normalized spacial score (nSPS) is 12.1. The Hall–Kier alpha value is -5.95. The summed E-state index contributed by atoms with van der Waals surface area (Å²) in [6.45, 7) is 19.1. The van der Waals surface area contributed by atoms with Crippen LogP contribution in [0.4, 0.5) is 34.1 Å². The van der Waals surface area contributed by atoms with Gasteiger partial charge in [0.1, 0.15) is 0 Å². The Balaban J connectivity index is 1.22. The molecule has 9 rings (SSSR count). The molecule has 0 aliphatic rings. The summed E-state index contributed by atoms with van der Waals surface area (Å²) >= 11 is 0. The molecule has 0 bridgehead atoms. The second-order valence-corrected chi connectivity index (χ2v) is 28.1. The first-order valence-electron chi connectivity index (χ1n) is 20.6. The van der Waals surface area contributed by atoms with E-state index in [9.17, 15) is 0 Å². The fourth-order valence-corrected chi connectivity index (χ4v) is 11.1. The number of aryl methyl sites for hydroxylation is 2. The fourth-order valence-electron chi connectivity index (χ4n) is 8.79. The number of rotatable bonds is 8. The van der Waals surface area contributed by atoms with Crippen molar-refractivity contribution in [2.75, 3.05) is 9.80 Å². The van der Waals surface area contributed by atoms with E-state index in [0.29, 0.717) is 0 Å². The average Bonchev–Trinajstić information content (AvgIpc) is 3.23. The number of fused-ring (bicyclic) bond motifs is 4. The van der Waals surface area contributed by atoms with E-state index >= 15 is 0 Å². The standard InChI is InChI=1S/C54H52N2Si2/c1-37-47-33-27-44(56(42-25-31-46(32-26-42)58(6,7)8)54-22-14-18-40-16-10-12-20-50(40)54)36-52(47)38(2)48-34-28-43(35-51(37)48)55(41-23-29-45(30-24-41)57(3,4)5)53-21-13-17-39-15-9-11-19-49(39)53/h9-36H,1-8H3. The van der Waals surface area contributed by atoms with E-state index in [0.717, 1.165) is 11.4 Å². The Kier molecular flexibility index (Phi) is 9.38. The van der Waals surface area contributed by atoms with Gasteiger partial charge in [0.05, 0.1) is 27.5 Å². The first-order chi connectivity index (χ1) is 27.9. The predicted octanol–water partition coefficient (Wildman–Crippen LogP) is 14.9. The van der Waals surface area contributed by atoms with Crippen LogP contribution in [-0.2, 0) is 0 Å². The predicted molar refractivity (Wildman–Crippen MR) is 261 cm³/mol. The highest BCUT2D eigenvalue weighted by Gasteiger charge is 2.23. The number of hydrogen-bond acceptors (Lipinski definition) is 2. The van der Waals surface area contributed by atoms with E-state index in [1.165, 1.54) is 87.3 Å². The molecule has 0 aromatic heterocycles. The summed E-state index contributed by atoms with van der Waals surface area (Å²) < 4.78 is 0. The van der Waals surface area contributed by atoms with Crippen LogP contribution < -0.4 is 20.2 Å². The van der Waals surface area contributed by atoms with Gasteiger partial charge >= 0.3 is 0 Å². The number of anilines is 6. The number of hydrogen-bond donors (Lipinski definition) is 0. The smallest absolute Gasteiger partial charge is 0.0775 e.